The largest absolute Gasteiger partial charge is 0.380 e. The third-order valence-electron chi connectivity index (χ3n) is 7.17. The predicted molar refractivity (Wildman–Crippen MR) is 93.2 cm³/mol. The van der Waals surface area contributed by atoms with Crippen molar-refractivity contribution in [2.45, 2.75) is 51.0 Å². The van der Waals surface area contributed by atoms with Crippen molar-refractivity contribution in [1.82, 2.24) is 4.31 Å². The Morgan fingerprint density at radius 1 is 1.22 bits per heavy atom. The highest BCUT2D eigenvalue weighted by Gasteiger charge is 2.69. The summed E-state index contributed by atoms with van der Waals surface area (Å²) in [6, 6.07) is 10.8. The molecular formula is C19H27NO2S. The van der Waals surface area contributed by atoms with Crippen LogP contribution in [0.25, 0.3) is 0 Å². The van der Waals surface area contributed by atoms with E-state index in [0.717, 1.165) is 6.54 Å². The van der Waals surface area contributed by atoms with Crippen molar-refractivity contribution in [2.24, 2.45) is 16.7 Å². The number of hydrogen-bond donors (Lipinski definition) is 0. The molecule has 4 rings (SSSR count). The molecule has 1 aromatic rings. The maximum Gasteiger partial charge on any atom is 0.101 e. The molecule has 1 unspecified atom stereocenters. The monoisotopic (exact) mass is 333 g/mol. The van der Waals surface area contributed by atoms with E-state index in [9.17, 15) is 4.21 Å². The van der Waals surface area contributed by atoms with Gasteiger partial charge in [-0.1, -0.05) is 51.1 Å². The number of hydrogen-bond acceptors (Lipinski definition) is 2. The Kier molecular flexibility index (Phi) is 3.53. The van der Waals surface area contributed by atoms with E-state index >= 15 is 0 Å². The minimum Gasteiger partial charge on any atom is -0.380 e. The second kappa shape index (κ2) is 5.14. The standard InChI is InChI=1S/C19H27NO2S/c1-18(2)14-10-11-19(18,3)17(22-4)16(14)23(21)20-12-15(20)13-8-6-5-7-9-13/h5-9,14-17H,10-12H2,1-4H3/t14-,15+,16-,17-,19+,20?,23-/m1/s1. The average Bonchev–Trinajstić information content (AvgIpc) is 3.28. The van der Waals surface area contributed by atoms with Crippen LogP contribution in [0.3, 0.4) is 0 Å². The van der Waals surface area contributed by atoms with Gasteiger partial charge in [0.2, 0.25) is 0 Å². The third kappa shape index (κ3) is 2.04. The van der Waals surface area contributed by atoms with E-state index in [-0.39, 0.29) is 22.2 Å². The van der Waals surface area contributed by atoms with Gasteiger partial charge in [0.1, 0.15) is 11.0 Å². The van der Waals surface area contributed by atoms with Crippen LogP contribution in [0.1, 0.15) is 45.2 Å². The zero-order valence-electron chi connectivity index (χ0n) is 14.5. The molecule has 0 N–H and O–H groups in total. The van der Waals surface area contributed by atoms with Crippen LogP contribution in [-0.2, 0) is 15.7 Å². The van der Waals surface area contributed by atoms with Gasteiger partial charge >= 0.3 is 0 Å². The molecule has 1 heterocycles. The number of benzene rings is 1. The van der Waals surface area contributed by atoms with Gasteiger partial charge in [-0.15, -0.1) is 0 Å². The minimum absolute atomic E-state index is 0.106. The van der Waals surface area contributed by atoms with Crippen LogP contribution < -0.4 is 0 Å². The molecule has 3 aliphatic rings. The molecule has 3 nitrogen and oxygen atoms in total. The molecule has 0 spiro atoms. The fourth-order valence-electron chi connectivity index (χ4n) is 5.29. The van der Waals surface area contributed by atoms with Crippen molar-refractivity contribution in [3.8, 4) is 0 Å². The summed E-state index contributed by atoms with van der Waals surface area (Å²) in [4.78, 5) is 0. The molecule has 0 amide bonds. The van der Waals surface area contributed by atoms with Crippen molar-refractivity contribution in [3.63, 3.8) is 0 Å². The van der Waals surface area contributed by atoms with Gasteiger partial charge < -0.3 is 4.74 Å². The molecule has 23 heavy (non-hydrogen) atoms. The Labute approximate surface area is 142 Å². The molecule has 0 aromatic heterocycles. The summed E-state index contributed by atoms with van der Waals surface area (Å²) in [5.41, 5.74) is 1.63. The maximum absolute atomic E-state index is 13.3. The van der Waals surface area contributed by atoms with Crippen LogP contribution in [0.15, 0.2) is 30.3 Å². The van der Waals surface area contributed by atoms with Gasteiger partial charge in [-0.05, 0) is 29.7 Å². The molecule has 1 aromatic carbocycles. The van der Waals surface area contributed by atoms with Crippen molar-refractivity contribution in [3.05, 3.63) is 35.9 Å². The minimum atomic E-state index is -0.960. The van der Waals surface area contributed by atoms with Gasteiger partial charge in [0.25, 0.3) is 0 Å². The predicted octanol–water partition coefficient (Wildman–Crippen LogP) is 3.55. The highest BCUT2D eigenvalue weighted by atomic mass is 32.2. The van der Waals surface area contributed by atoms with Gasteiger partial charge in [-0.2, -0.15) is 0 Å². The van der Waals surface area contributed by atoms with Crippen molar-refractivity contribution < 1.29 is 8.95 Å². The Bertz CT molecular complexity index is 632. The Morgan fingerprint density at radius 3 is 2.57 bits per heavy atom. The van der Waals surface area contributed by atoms with Gasteiger partial charge in [-0.25, -0.2) is 8.51 Å². The lowest BCUT2D eigenvalue weighted by molar-refractivity contribution is -0.0183. The van der Waals surface area contributed by atoms with Crippen LogP contribution in [0, 0.1) is 16.7 Å². The zero-order valence-corrected chi connectivity index (χ0v) is 15.3. The first kappa shape index (κ1) is 15.8. The SMILES string of the molecule is CO[C@@H]1[C@H]([S@@](=O)N2C[C@H]2c2ccccc2)[C@H]2CC[C@]1(C)C2(C)C. The van der Waals surface area contributed by atoms with E-state index in [1.165, 1.54) is 18.4 Å². The smallest absolute Gasteiger partial charge is 0.101 e. The van der Waals surface area contributed by atoms with E-state index in [1.807, 2.05) is 6.07 Å². The van der Waals surface area contributed by atoms with E-state index in [1.54, 1.807) is 7.11 Å². The second-order valence-electron chi connectivity index (χ2n) is 8.21. The fourth-order valence-corrected chi connectivity index (χ4v) is 7.64. The molecule has 0 radical (unpaired) electrons. The molecule has 3 fully saturated rings. The van der Waals surface area contributed by atoms with Crippen LogP contribution in [-0.4, -0.2) is 33.5 Å². The number of ether oxygens (including phenoxy) is 1. The first-order valence-electron chi connectivity index (χ1n) is 8.67. The molecule has 1 saturated heterocycles. The quantitative estimate of drug-likeness (QED) is 0.789. The van der Waals surface area contributed by atoms with Crippen molar-refractivity contribution in [1.29, 1.82) is 0 Å². The lowest BCUT2D eigenvalue weighted by Crippen LogP contribution is -2.44. The van der Waals surface area contributed by atoms with Crippen LogP contribution >= 0.6 is 0 Å². The summed E-state index contributed by atoms with van der Waals surface area (Å²) in [6.45, 7) is 7.96. The molecule has 1 aliphatic heterocycles. The first-order chi connectivity index (χ1) is 10.9. The Balaban J connectivity index is 1.58. The number of fused-ring (bicyclic) bond motifs is 2. The van der Waals surface area contributed by atoms with Crippen LogP contribution in [0.4, 0.5) is 0 Å². The summed E-state index contributed by atoms with van der Waals surface area (Å²) in [5.74, 6) is 0.496. The molecule has 2 bridgehead atoms. The highest BCUT2D eigenvalue weighted by molar-refractivity contribution is 7.83. The molecule has 2 aliphatic carbocycles. The number of rotatable bonds is 4. The summed E-state index contributed by atoms with van der Waals surface area (Å²) in [7, 11) is 0.839. The molecular weight excluding hydrogens is 306 g/mol. The lowest BCUT2D eigenvalue weighted by atomic mass is 9.70. The first-order valence-corrected chi connectivity index (χ1v) is 9.84. The van der Waals surface area contributed by atoms with Crippen molar-refractivity contribution in [2.75, 3.05) is 13.7 Å². The topological polar surface area (TPSA) is 29.3 Å². The average molecular weight is 333 g/mol. The summed E-state index contributed by atoms with van der Waals surface area (Å²) in [5, 5.41) is 0.141. The van der Waals surface area contributed by atoms with E-state index < -0.39 is 11.0 Å². The molecule has 4 heteroatoms. The Morgan fingerprint density at radius 2 is 1.91 bits per heavy atom. The third-order valence-corrected chi connectivity index (χ3v) is 9.07. The number of nitrogens with zero attached hydrogens (tertiary/aromatic N) is 1. The summed E-state index contributed by atoms with van der Waals surface area (Å²) >= 11 is 0. The normalized spacial score (nSPS) is 45.1. The van der Waals surface area contributed by atoms with Gasteiger partial charge in [0.05, 0.1) is 17.4 Å². The molecule has 2 saturated carbocycles. The van der Waals surface area contributed by atoms with E-state index in [4.69, 9.17) is 4.74 Å². The van der Waals surface area contributed by atoms with Gasteiger partial charge in [0.15, 0.2) is 0 Å². The zero-order chi connectivity index (χ0) is 16.4. The maximum atomic E-state index is 13.3. The Hall–Kier alpha value is -0.710. The van der Waals surface area contributed by atoms with Crippen LogP contribution in [0.5, 0.6) is 0 Å². The number of methoxy groups -OCH3 is 1. The summed E-state index contributed by atoms with van der Waals surface area (Å²) < 4.78 is 21.4. The second-order valence-corrected chi connectivity index (χ2v) is 9.77. The molecule has 126 valence electrons. The van der Waals surface area contributed by atoms with Gasteiger partial charge in [0, 0.05) is 19.1 Å². The molecule has 7 atom stereocenters. The van der Waals surface area contributed by atoms with Crippen molar-refractivity contribution >= 4 is 11.0 Å². The van der Waals surface area contributed by atoms with Gasteiger partial charge in [-0.3, -0.25) is 0 Å². The van der Waals surface area contributed by atoms with E-state index in [0.29, 0.717) is 12.0 Å². The highest BCUT2D eigenvalue weighted by Crippen LogP contribution is 2.67. The summed E-state index contributed by atoms with van der Waals surface area (Å²) in [6.07, 6.45) is 2.48. The fraction of sp³-hybridized carbons (Fsp3) is 0.684. The van der Waals surface area contributed by atoms with E-state index in [2.05, 4.69) is 49.3 Å². The van der Waals surface area contributed by atoms with Crippen LogP contribution in [0.2, 0.25) is 0 Å². The lowest BCUT2D eigenvalue weighted by Gasteiger charge is -2.39.